The van der Waals surface area contributed by atoms with E-state index in [1.54, 1.807) is 13.3 Å². The fraction of sp³-hybridized carbons (Fsp3) is 0.435. The maximum absolute atomic E-state index is 12.9. The second kappa shape index (κ2) is 9.07. The van der Waals surface area contributed by atoms with Crippen LogP contribution in [-0.2, 0) is 11.2 Å². The third-order valence-corrected chi connectivity index (χ3v) is 4.85. The standard InChI is InChI=1S/C23H30N4O2/c1-15(2)12-20(25-21(28)14-17-8-6-9-18(13-17)29-5)23-26-19-10-7-11-24-22(19)27(23)16(3)4/h6-11,13,15-16,20H,12,14H2,1-5H3,(H,25,28)/t20-/m1/s1. The minimum Gasteiger partial charge on any atom is -0.497 e. The molecule has 0 aliphatic rings. The molecule has 1 aromatic carbocycles. The van der Waals surface area contributed by atoms with Gasteiger partial charge in [-0.3, -0.25) is 4.79 Å². The summed E-state index contributed by atoms with van der Waals surface area (Å²) in [4.78, 5) is 22.2. The van der Waals surface area contributed by atoms with Crippen molar-refractivity contribution in [3.63, 3.8) is 0 Å². The quantitative estimate of drug-likeness (QED) is 0.612. The zero-order valence-corrected chi connectivity index (χ0v) is 17.8. The Balaban J connectivity index is 1.89. The van der Waals surface area contributed by atoms with Crippen LogP contribution >= 0.6 is 0 Å². The fourth-order valence-corrected chi connectivity index (χ4v) is 3.62. The average Bonchev–Trinajstić information content (AvgIpc) is 3.07. The number of fused-ring (bicyclic) bond motifs is 1. The first kappa shape index (κ1) is 20.8. The number of aromatic nitrogens is 3. The Kier molecular flexibility index (Phi) is 6.52. The van der Waals surface area contributed by atoms with E-state index in [1.165, 1.54) is 0 Å². The van der Waals surface area contributed by atoms with Gasteiger partial charge < -0.3 is 14.6 Å². The summed E-state index contributed by atoms with van der Waals surface area (Å²) >= 11 is 0. The second-order valence-corrected chi connectivity index (χ2v) is 8.06. The summed E-state index contributed by atoms with van der Waals surface area (Å²) in [6.07, 6.45) is 2.89. The van der Waals surface area contributed by atoms with Gasteiger partial charge in [0, 0.05) is 12.2 Å². The van der Waals surface area contributed by atoms with Crippen molar-refractivity contribution in [3.05, 3.63) is 54.0 Å². The van der Waals surface area contributed by atoms with E-state index in [2.05, 4.69) is 42.6 Å². The first-order chi connectivity index (χ1) is 13.9. The number of carbonyl (C=O) groups is 1. The van der Waals surface area contributed by atoms with Crippen molar-refractivity contribution in [2.24, 2.45) is 5.92 Å². The second-order valence-electron chi connectivity index (χ2n) is 8.06. The van der Waals surface area contributed by atoms with Crippen LogP contribution in [0.15, 0.2) is 42.6 Å². The summed E-state index contributed by atoms with van der Waals surface area (Å²) < 4.78 is 7.40. The van der Waals surface area contributed by atoms with Crippen LogP contribution in [-0.4, -0.2) is 27.6 Å². The smallest absolute Gasteiger partial charge is 0.225 e. The van der Waals surface area contributed by atoms with Gasteiger partial charge in [-0.25, -0.2) is 9.97 Å². The maximum atomic E-state index is 12.9. The zero-order chi connectivity index (χ0) is 21.0. The molecule has 1 atom stereocenters. The molecule has 0 saturated heterocycles. The summed E-state index contributed by atoms with van der Waals surface area (Å²) in [6, 6.07) is 11.5. The van der Waals surface area contributed by atoms with Crippen molar-refractivity contribution >= 4 is 17.1 Å². The summed E-state index contributed by atoms with van der Waals surface area (Å²) in [6.45, 7) is 8.54. The molecular formula is C23H30N4O2. The molecule has 1 amide bonds. The molecule has 0 unspecified atom stereocenters. The van der Waals surface area contributed by atoms with Gasteiger partial charge in [-0.15, -0.1) is 0 Å². The average molecular weight is 395 g/mol. The van der Waals surface area contributed by atoms with E-state index >= 15 is 0 Å². The van der Waals surface area contributed by atoms with Gasteiger partial charge in [0.15, 0.2) is 5.65 Å². The molecule has 0 aliphatic heterocycles. The molecule has 0 spiro atoms. The Morgan fingerprint density at radius 2 is 1.97 bits per heavy atom. The lowest BCUT2D eigenvalue weighted by Crippen LogP contribution is -2.33. The highest BCUT2D eigenvalue weighted by atomic mass is 16.5. The lowest BCUT2D eigenvalue weighted by molar-refractivity contribution is -0.121. The van der Waals surface area contributed by atoms with Crippen molar-refractivity contribution < 1.29 is 9.53 Å². The Morgan fingerprint density at radius 1 is 1.17 bits per heavy atom. The SMILES string of the molecule is COc1cccc(CC(=O)N[C@H](CC(C)C)c2nc3cccnc3n2C(C)C)c1. The lowest BCUT2D eigenvalue weighted by Gasteiger charge is -2.23. The molecule has 0 saturated carbocycles. The molecule has 6 nitrogen and oxygen atoms in total. The first-order valence-electron chi connectivity index (χ1n) is 10.1. The number of nitrogens with one attached hydrogen (secondary N) is 1. The molecule has 0 radical (unpaired) electrons. The van der Waals surface area contributed by atoms with Gasteiger partial charge in [0.1, 0.15) is 17.1 Å². The minimum absolute atomic E-state index is 0.0285. The summed E-state index contributed by atoms with van der Waals surface area (Å²) in [7, 11) is 1.63. The van der Waals surface area contributed by atoms with Gasteiger partial charge in [0.2, 0.25) is 5.91 Å². The van der Waals surface area contributed by atoms with E-state index in [0.29, 0.717) is 12.3 Å². The van der Waals surface area contributed by atoms with E-state index in [4.69, 9.17) is 9.72 Å². The Hall–Kier alpha value is -2.89. The van der Waals surface area contributed by atoms with Gasteiger partial charge in [0.25, 0.3) is 0 Å². The Labute approximate surface area is 172 Å². The van der Waals surface area contributed by atoms with Crippen molar-refractivity contribution in [3.8, 4) is 5.75 Å². The number of hydrogen-bond acceptors (Lipinski definition) is 4. The van der Waals surface area contributed by atoms with Gasteiger partial charge >= 0.3 is 0 Å². The van der Waals surface area contributed by atoms with Crippen molar-refractivity contribution in [2.75, 3.05) is 7.11 Å². The number of pyridine rings is 1. The summed E-state index contributed by atoms with van der Waals surface area (Å²) in [5.41, 5.74) is 2.63. The molecule has 29 heavy (non-hydrogen) atoms. The monoisotopic (exact) mass is 394 g/mol. The number of carbonyl (C=O) groups excluding carboxylic acids is 1. The summed E-state index contributed by atoms with van der Waals surface area (Å²) in [5, 5.41) is 3.22. The molecule has 0 fully saturated rings. The third-order valence-electron chi connectivity index (χ3n) is 4.85. The number of benzene rings is 1. The highest BCUT2D eigenvalue weighted by molar-refractivity contribution is 5.79. The fourth-order valence-electron chi connectivity index (χ4n) is 3.62. The molecule has 2 aromatic heterocycles. The van der Waals surface area contributed by atoms with Gasteiger partial charge in [-0.05, 0) is 56.0 Å². The van der Waals surface area contributed by atoms with Gasteiger partial charge in [-0.1, -0.05) is 26.0 Å². The van der Waals surface area contributed by atoms with Crippen LogP contribution in [0.3, 0.4) is 0 Å². The minimum atomic E-state index is -0.176. The van der Waals surface area contributed by atoms with Crippen LogP contribution in [0.5, 0.6) is 5.75 Å². The zero-order valence-electron chi connectivity index (χ0n) is 17.8. The van der Waals surface area contributed by atoms with Crippen LogP contribution in [0.25, 0.3) is 11.2 Å². The van der Waals surface area contributed by atoms with Crippen molar-refractivity contribution in [1.29, 1.82) is 0 Å². The number of nitrogens with zero attached hydrogens (tertiary/aromatic N) is 3. The van der Waals surface area contributed by atoms with E-state index in [-0.39, 0.29) is 18.0 Å². The molecular weight excluding hydrogens is 364 g/mol. The number of hydrogen-bond donors (Lipinski definition) is 1. The predicted octanol–water partition coefficient (Wildman–Crippen LogP) is 4.47. The van der Waals surface area contributed by atoms with Crippen LogP contribution < -0.4 is 10.1 Å². The van der Waals surface area contributed by atoms with E-state index in [0.717, 1.165) is 34.7 Å². The van der Waals surface area contributed by atoms with Crippen LogP contribution in [0, 0.1) is 5.92 Å². The van der Waals surface area contributed by atoms with Crippen molar-refractivity contribution in [2.45, 2.75) is 52.6 Å². The lowest BCUT2D eigenvalue weighted by atomic mass is 10.0. The van der Waals surface area contributed by atoms with E-state index < -0.39 is 0 Å². The molecule has 154 valence electrons. The Morgan fingerprint density at radius 3 is 2.66 bits per heavy atom. The molecule has 1 N–H and O–H groups in total. The third kappa shape index (κ3) is 4.94. The Bertz CT molecular complexity index is 978. The number of rotatable bonds is 8. The highest BCUT2D eigenvalue weighted by Gasteiger charge is 2.25. The van der Waals surface area contributed by atoms with Crippen molar-refractivity contribution in [1.82, 2.24) is 19.9 Å². The molecule has 0 aliphatic carbocycles. The summed E-state index contributed by atoms with van der Waals surface area (Å²) in [5.74, 6) is 1.99. The molecule has 6 heteroatoms. The molecule has 0 bridgehead atoms. The van der Waals surface area contributed by atoms with E-state index in [9.17, 15) is 4.79 Å². The number of amides is 1. The van der Waals surface area contributed by atoms with Crippen LogP contribution in [0.1, 0.15) is 57.6 Å². The first-order valence-corrected chi connectivity index (χ1v) is 10.1. The molecule has 2 heterocycles. The number of methoxy groups -OCH3 is 1. The van der Waals surface area contributed by atoms with E-state index in [1.807, 2.05) is 36.4 Å². The normalized spacial score (nSPS) is 12.5. The number of ether oxygens (including phenoxy) is 1. The van der Waals surface area contributed by atoms with Crippen LogP contribution in [0.2, 0.25) is 0 Å². The number of imidazole rings is 1. The molecule has 3 rings (SSSR count). The maximum Gasteiger partial charge on any atom is 0.225 e. The van der Waals surface area contributed by atoms with Gasteiger partial charge in [-0.2, -0.15) is 0 Å². The largest absolute Gasteiger partial charge is 0.497 e. The molecule has 3 aromatic rings. The van der Waals surface area contributed by atoms with Crippen LogP contribution in [0.4, 0.5) is 0 Å². The van der Waals surface area contributed by atoms with Gasteiger partial charge in [0.05, 0.1) is 19.6 Å². The topological polar surface area (TPSA) is 69.0 Å². The predicted molar refractivity (Wildman–Crippen MR) is 115 cm³/mol. The highest BCUT2D eigenvalue weighted by Crippen LogP contribution is 2.27.